The van der Waals surface area contributed by atoms with Crippen LogP contribution in [0.1, 0.15) is 188 Å². The number of aromatic nitrogens is 8. The van der Waals surface area contributed by atoms with E-state index >= 15 is 0 Å². The number of benzene rings is 3. The van der Waals surface area contributed by atoms with Crippen LogP contribution < -0.4 is 60.9 Å². The van der Waals surface area contributed by atoms with Crippen LogP contribution in [0.2, 0.25) is 0 Å². The minimum absolute atomic E-state index is 0.00773. The molecule has 714 valence electrons. The van der Waals surface area contributed by atoms with Crippen molar-refractivity contribution >= 4 is 88.2 Å². The van der Waals surface area contributed by atoms with Crippen molar-refractivity contribution in [1.29, 1.82) is 0 Å². The average Bonchev–Trinajstić information content (AvgIpc) is 1.55. The van der Waals surface area contributed by atoms with Gasteiger partial charge in [-0.1, -0.05) is 60.7 Å². The highest BCUT2D eigenvalue weighted by atomic mass is 16.6. The second-order valence-corrected chi connectivity index (χ2v) is 35.3. The van der Waals surface area contributed by atoms with Gasteiger partial charge in [-0.05, 0) is 238 Å². The molecule has 0 aliphatic carbocycles. The molecule has 0 atom stereocenters. The lowest BCUT2D eigenvalue weighted by Crippen LogP contribution is -2.44. The van der Waals surface area contributed by atoms with Gasteiger partial charge in [-0.25, -0.2) is 33.6 Å². The number of aromatic amines is 1. The Bertz CT molecular complexity index is 5380. The number of anilines is 5. The molecule has 10 heterocycles. The molecule has 12 bridgehead atoms. The number of nitrogens with two attached hydrogens (primary N) is 1. The number of aliphatic hydroxyl groups excluding tert-OH is 1. The molecule has 3 fully saturated rings. The number of allylic oxidation sites excluding steroid dienone is 3. The Morgan fingerprint density at radius 3 is 1.33 bits per heavy atom. The predicted molar refractivity (Wildman–Crippen MR) is 486 cm³/mol. The number of carbonyl (C=O) groups excluding carboxylic acids is 6. The number of likely N-dealkylation sites (tertiary alicyclic amines) is 2. The quantitative estimate of drug-likeness (QED) is 0.0289. The summed E-state index contributed by atoms with van der Waals surface area (Å²) < 4.78 is 63.0. The first-order valence-corrected chi connectivity index (χ1v) is 43.9. The minimum Gasteiger partial charge on any atom is -0.508 e. The second-order valence-electron chi connectivity index (χ2n) is 35.3. The number of rotatable bonds is 10. The Hall–Kier alpha value is -13.7. The molecule has 4 aromatic heterocycles. The smallest absolute Gasteiger partial charge is 0.415 e. The molecule has 132 heavy (non-hydrogen) atoms. The highest BCUT2D eigenvalue weighted by Gasteiger charge is 2.39. The number of hydrogen-bond donors (Lipinski definition) is 7. The molecule has 8 N–H and O–H groups in total. The number of aromatic hydroxyl groups is 1. The standard InChI is InChI=1S/C34H46N6O10.C24H29N5O8.C22H26N6O3.C10H19NO3/c1-8-46-32(43)39-21-22-13-14-25(48-24-15-17-38(18-16-24)31(42)50-34(5,6)7)23(20-22)12-10-9-11-19-47-29-35-27(26(40(44)45)28(39)37-29)36-30(41)49-33(2,3)4;1-5-35-23(32)28-14-15-10-11-17(30)16(13-15)9-7-6-8-12-36-21-25-19(18(29(33)34)20(28)27-21)26-22(31)37-24(2,3)4;23-19-18-20-27-21(26-19)30-11-3-1-2-4-15-12-14(13-28(20)22(29)25-18)5-6-17(15)31-16-7-9-24-10-8-16;1-10(2,3)14-9(13)11-6-4-8(12)5-7-11/h9-10,13-14,20,24H,8,11-12,15-19,21H2,1-7H3,(H,35,36,37,41);6-7,10-11,13,30H,5,8-9,12,14H2,1-4H3,(H,25,26,27,31);1-2,5-6,12,16,24H,3-4,7-11,13H2,(H,25,29)(H2,23,26,27);8,12H,4-7H2,1-3H3/b10-9+;7-6+;2-1+;. The fourth-order valence-corrected chi connectivity index (χ4v) is 14.0. The summed E-state index contributed by atoms with van der Waals surface area (Å²) in [4.78, 5) is 145. The Labute approximate surface area is 763 Å². The van der Waals surface area contributed by atoms with E-state index in [1.54, 1.807) is 94.0 Å². The van der Waals surface area contributed by atoms with Crippen molar-refractivity contribution in [2.24, 2.45) is 0 Å². The SMILES string of the molecule is CC(C)(C)OC(=O)N1CCC(O)CC1.CCOC(=O)N1Cc2ccc(O)c(c2)C/C=C/CCOc2nc(NC(=O)OC(C)(C)C)c([N+](=O)[O-])c1n2.CCOC(=O)N1Cc2ccc(OC3CCN(C(=O)OC(C)(C)C)CC3)c(c2)C/C=C/CCOc2nc(NC(=O)OC(C)(C)C)c([N+](=O)[O-])c1n2.Nc1nc2nc3c1[nH]c(=O)n3Cc1ccc(OC3CCNCC3)c(c1)C/C=C/CCO2. The summed E-state index contributed by atoms with van der Waals surface area (Å²) in [7, 11) is 0. The normalized spacial score (nSPS) is 16.7. The lowest BCUT2D eigenvalue weighted by molar-refractivity contribution is -0.383. The Balaban J connectivity index is 0.000000195. The van der Waals surface area contributed by atoms with Crippen LogP contribution in [0.25, 0.3) is 11.2 Å². The van der Waals surface area contributed by atoms with Crippen molar-refractivity contribution in [1.82, 2.24) is 54.6 Å². The van der Waals surface area contributed by atoms with Gasteiger partial charge in [0.15, 0.2) is 11.5 Å². The van der Waals surface area contributed by atoms with Crippen LogP contribution >= 0.6 is 0 Å². The number of aliphatic hydroxyl groups is 1. The number of imidazole rings is 1. The van der Waals surface area contributed by atoms with E-state index in [1.807, 2.05) is 84.0 Å². The lowest BCUT2D eigenvalue weighted by Gasteiger charge is -2.33. The van der Waals surface area contributed by atoms with Crippen LogP contribution in [-0.4, -0.2) is 219 Å². The van der Waals surface area contributed by atoms with Gasteiger partial charge in [0.25, 0.3) is 0 Å². The fourth-order valence-electron chi connectivity index (χ4n) is 14.0. The number of ether oxygens (including phenoxy) is 11. The molecule has 0 saturated carbocycles. The molecule has 6 aliphatic heterocycles. The first-order chi connectivity index (χ1) is 62.6. The van der Waals surface area contributed by atoms with E-state index in [0.29, 0.717) is 131 Å². The van der Waals surface area contributed by atoms with E-state index < -0.39 is 91.3 Å². The van der Waals surface area contributed by atoms with Crippen LogP contribution in [0.5, 0.6) is 35.3 Å². The van der Waals surface area contributed by atoms with Gasteiger partial charge in [0, 0.05) is 39.0 Å². The first-order valence-electron chi connectivity index (χ1n) is 43.9. The minimum atomic E-state index is -0.994. The van der Waals surface area contributed by atoms with Gasteiger partial charge < -0.3 is 88.2 Å². The summed E-state index contributed by atoms with van der Waals surface area (Å²) in [5.74, 6) is -0.0880. The van der Waals surface area contributed by atoms with Gasteiger partial charge in [-0.3, -0.25) is 45.2 Å². The second kappa shape index (κ2) is 45.7. The zero-order chi connectivity index (χ0) is 95.8. The fraction of sp³-hybridized carbons (Fsp3) is 0.522. The number of phenolic OH excluding ortho intramolecular Hbond substituents is 1. The van der Waals surface area contributed by atoms with Gasteiger partial charge in [-0.2, -0.15) is 29.9 Å². The van der Waals surface area contributed by atoms with Gasteiger partial charge in [-0.15, -0.1) is 0 Å². The van der Waals surface area contributed by atoms with Crippen LogP contribution in [0.4, 0.5) is 69.2 Å². The van der Waals surface area contributed by atoms with Gasteiger partial charge in [0.2, 0.25) is 23.3 Å². The molecule has 42 nitrogen and oxygen atoms in total. The van der Waals surface area contributed by atoms with Crippen LogP contribution in [0.15, 0.2) is 95.8 Å². The van der Waals surface area contributed by atoms with Crippen molar-refractivity contribution in [3.05, 3.63) is 155 Å². The summed E-state index contributed by atoms with van der Waals surface area (Å²) in [5, 5.41) is 52.2. The van der Waals surface area contributed by atoms with Crippen LogP contribution in [-0.2, 0) is 67.3 Å². The molecule has 3 aromatic carbocycles. The summed E-state index contributed by atoms with van der Waals surface area (Å²) in [6.07, 6.45) is 15.0. The molecular weight excluding hydrogens is 1720 g/mol. The number of fused-ring (bicyclic) bond motifs is 11. The highest BCUT2D eigenvalue weighted by molar-refractivity contribution is 5.96. The van der Waals surface area contributed by atoms with E-state index in [1.165, 1.54) is 6.07 Å². The number of phenols is 1. The third-order valence-corrected chi connectivity index (χ3v) is 20.0. The van der Waals surface area contributed by atoms with E-state index in [0.717, 1.165) is 64.6 Å². The molecular formula is C90H120N18O24. The lowest BCUT2D eigenvalue weighted by atomic mass is 10.0. The largest absolute Gasteiger partial charge is 0.508 e. The zero-order valence-electron chi connectivity index (χ0n) is 77.0. The highest BCUT2D eigenvalue weighted by Crippen LogP contribution is 2.40. The Kier molecular flexibility index (Phi) is 34.8. The molecule has 13 rings (SSSR count). The summed E-state index contributed by atoms with van der Waals surface area (Å²) in [5.41, 5.74) is 6.96. The average molecular weight is 1840 g/mol. The monoisotopic (exact) mass is 1840 g/mol. The van der Waals surface area contributed by atoms with E-state index in [-0.39, 0.29) is 105 Å². The number of H-pyrrole nitrogens is 1. The van der Waals surface area contributed by atoms with E-state index in [4.69, 9.17) is 57.8 Å². The summed E-state index contributed by atoms with van der Waals surface area (Å²) in [6, 6.07) is 15.9. The van der Waals surface area contributed by atoms with Crippen molar-refractivity contribution in [3.63, 3.8) is 0 Å². The Morgan fingerprint density at radius 1 is 0.515 bits per heavy atom. The molecule has 42 heteroatoms. The predicted octanol–water partition coefficient (Wildman–Crippen LogP) is 14.2. The molecule has 3 saturated heterocycles. The molecule has 7 aromatic rings. The number of piperidine rings is 3. The summed E-state index contributed by atoms with van der Waals surface area (Å²) >= 11 is 0. The molecule has 0 spiro atoms. The van der Waals surface area contributed by atoms with Crippen molar-refractivity contribution in [3.8, 4) is 35.3 Å². The number of nitrogen functional groups attached to an aromatic ring is 1. The number of carbonyl (C=O) groups is 6. The summed E-state index contributed by atoms with van der Waals surface area (Å²) in [6.45, 7) is 28.8. The van der Waals surface area contributed by atoms with E-state index in [9.17, 15) is 64.0 Å². The number of amides is 6. The zero-order valence-corrected chi connectivity index (χ0v) is 77.0. The van der Waals surface area contributed by atoms with E-state index in [2.05, 4.69) is 69.1 Å². The topological polar surface area (TPSA) is 521 Å². The molecule has 6 amide bonds. The third kappa shape index (κ3) is 30.2. The number of nitrogens with one attached hydrogen (secondary N) is 4. The van der Waals surface area contributed by atoms with Crippen molar-refractivity contribution in [2.75, 3.05) is 98.5 Å². The third-order valence-electron chi connectivity index (χ3n) is 20.0. The van der Waals surface area contributed by atoms with Gasteiger partial charge in [0.1, 0.15) is 57.4 Å². The Morgan fingerprint density at radius 2 is 0.909 bits per heavy atom. The number of nitro groups is 2. The number of hydrogen-bond acceptors (Lipinski definition) is 32. The van der Waals surface area contributed by atoms with Crippen molar-refractivity contribution in [2.45, 2.75) is 234 Å². The van der Waals surface area contributed by atoms with Gasteiger partial charge in [0.05, 0.1) is 68.6 Å². The van der Waals surface area contributed by atoms with Crippen LogP contribution in [0, 0.1) is 20.2 Å². The molecule has 0 unspecified atom stereocenters. The van der Waals surface area contributed by atoms with Crippen molar-refractivity contribution < 1.29 is 101 Å². The number of nitrogens with zero attached hydrogens (tertiary/aromatic N) is 13. The first kappa shape index (κ1) is 100. The maximum Gasteiger partial charge on any atom is 0.415 e. The molecule has 6 aliphatic rings. The maximum atomic E-state index is 13.4. The van der Waals surface area contributed by atoms with Crippen LogP contribution in [0.3, 0.4) is 0 Å². The maximum absolute atomic E-state index is 13.4. The van der Waals surface area contributed by atoms with Gasteiger partial charge >= 0.3 is 71.7 Å². The molecule has 0 radical (unpaired) electrons.